The molecule has 83 heavy (non-hydrogen) atoms. The van der Waals surface area contributed by atoms with Crippen LogP contribution in [-0.4, -0.2) is 113 Å². The summed E-state index contributed by atoms with van der Waals surface area (Å²) in [4.78, 5) is 40.6. The summed E-state index contributed by atoms with van der Waals surface area (Å²) >= 11 is 5.52. The number of esters is 1. The predicted molar refractivity (Wildman–Crippen MR) is 317 cm³/mol. The first-order chi connectivity index (χ1) is 40.2. The Morgan fingerprint density at radius 3 is 1.89 bits per heavy atom. The van der Waals surface area contributed by atoms with E-state index in [0.717, 1.165) is 11.3 Å². The van der Waals surface area contributed by atoms with Crippen LogP contribution in [0.4, 0.5) is 15.8 Å². The number of amides is 2. The first kappa shape index (κ1) is 59.5. The van der Waals surface area contributed by atoms with Crippen molar-refractivity contribution in [2.45, 2.75) is 76.2 Å². The van der Waals surface area contributed by atoms with Crippen LogP contribution < -0.4 is 26.0 Å². The van der Waals surface area contributed by atoms with Crippen LogP contribution in [0.1, 0.15) is 95.0 Å². The molecular formula is C64H68FN5O12S. The number of thiocarbonyl (C=S) groups is 1. The number of ether oxygens (including phenoxy) is 5. The van der Waals surface area contributed by atoms with Gasteiger partial charge in [0.15, 0.2) is 10.7 Å². The number of carbonyl (C=O) groups is 3. The molecule has 0 radical (unpaired) electrons. The number of carbonyl (C=O) groups excluding carboxylic acids is 3. The second-order valence-corrected chi connectivity index (χ2v) is 21.0. The zero-order valence-electron chi connectivity index (χ0n) is 46.2. The fourth-order valence-electron chi connectivity index (χ4n) is 10.6. The highest BCUT2D eigenvalue weighted by molar-refractivity contribution is 7.80. The number of aliphatic hydroxyl groups is 2. The Balaban J connectivity index is 0.640. The zero-order valence-corrected chi connectivity index (χ0v) is 47.0. The summed E-state index contributed by atoms with van der Waals surface area (Å²) in [6.45, 7) is 7.52. The molecule has 434 valence electrons. The normalized spacial score (nSPS) is 13.5. The van der Waals surface area contributed by atoms with Gasteiger partial charge in [0, 0.05) is 84.3 Å². The smallest absolute Gasteiger partial charge is 0.340 e. The molecule has 0 bridgehead atoms. The van der Waals surface area contributed by atoms with Crippen molar-refractivity contribution in [1.82, 2.24) is 15.2 Å². The van der Waals surface area contributed by atoms with E-state index >= 15 is 0 Å². The van der Waals surface area contributed by atoms with Gasteiger partial charge in [-0.2, -0.15) is 0 Å². The minimum Gasteiger partial charge on any atom is -0.508 e. The van der Waals surface area contributed by atoms with E-state index in [1.54, 1.807) is 42.5 Å². The van der Waals surface area contributed by atoms with E-state index < -0.39 is 29.6 Å². The van der Waals surface area contributed by atoms with E-state index in [1.807, 2.05) is 79.1 Å². The molecule has 0 saturated heterocycles. The monoisotopic (exact) mass is 1150 g/mol. The topological polar surface area (TPSA) is 231 Å². The molecule has 1 unspecified atom stereocenters. The van der Waals surface area contributed by atoms with Gasteiger partial charge in [0.25, 0.3) is 5.91 Å². The minimum atomic E-state index is -1.36. The van der Waals surface area contributed by atoms with E-state index in [-0.39, 0.29) is 55.0 Å². The summed E-state index contributed by atoms with van der Waals surface area (Å²) in [5.41, 5.74) is 5.94. The van der Waals surface area contributed by atoms with Gasteiger partial charge in [-0.25, -0.2) is 9.18 Å². The summed E-state index contributed by atoms with van der Waals surface area (Å²) in [5, 5.41) is 55.1. The van der Waals surface area contributed by atoms with Gasteiger partial charge in [-0.1, -0.05) is 68.4 Å². The molecular weight excluding hydrogens is 1080 g/mol. The molecule has 7 aromatic rings. The Labute approximate surface area is 486 Å². The first-order valence-electron chi connectivity index (χ1n) is 27.8. The number of phenols is 2. The zero-order chi connectivity index (χ0) is 58.5. The predicted octanol–water partition coefficient (Wildman–Crippen LogP) is 10.1. The lowest BCUT2D eigenvalue weighted by molar-refractivity contribution is -0.123. The van der Waals surface area contributed by atoms with Crippen LogP contribution in [0.25, 0.3) is 22.4 Å². The van der Waals surface area contributed by atoms with Crippen LogP contribution in [0.3, 0.4) is 0 Å². The standard InChI is InChI=1S/C64H68FN5O12S/c1-40(2)59-58(61(76)68-44-13-7-4-8-14-44)57(41-11-5-3-6-12-41)60(42-15-17-43(65)18-16-42)70(59)28-25-48(73)36-49(74)39-56(75)66-26-9-29-78-31-33-80-34-32-79-30-10-27-67-63(83)69-45-19-22-51-50(35-45)62(77)82-64(51)52-23-20-46(71)37-54(52)81-55-38-47(72)21-24-53(55)64/h3-8,11-24,35,37-38,40,48-49,71-74H,9-10,25-34,36,39H2,1-2H3,(H,66,75)(H,68,76)(H2,67,69,83)/t48?,49-/m1/s1. The third-order valence-corrected chi connectivity index (χ3v) is 14.5. The van der Waals surface area contributed by atoms with E-state index in [2.05, 4.69) is 21.3 Å². The third kappa shape index (κ3) is 14.4. The molecule has 0 aliphatic carbocycles. The quantitative estimate of drug-likeness (QED) is 0.0136. The average Bonchev–Trinajstić information content (AvgIpc) is 2.20. The van der Waals surface area contributed by atoms with Crippen molar-refractivity contribution in [3.8, 4) is 45.4 Å². The van der Waals surface area contributed by atoms with E-state index in [9.17, 15) is 39.2 Å². The van der Waals surface area contributed by atoms with Crippen LogP contribution in [-0.2, 0) is 35.9 Å². The van der Waals surface area contributed by atoms with Crippen LogP contribution in [0.2, 0.25) is 0 Å². The van der Waals surface area contributed by atoms with E-state index in [1.165, 1.54) is 36.4 Å². The summed E-state index contributed by atoms with van der Waals surface area (Å²) in [5.74, 6) is -1.19. The van der Waals surface area contributed by atoms with Crippen molar-refractivity contribution < 1.29 is 62.9 Å². The number of aromatic nitrogens is 1. The molecule has 0 fully saturated rings. The van der Waals surface area contributed by atoms with E-state index in [4.69, 9.17) is 35.9 Å². The Morgan fingerprint density at radius 2 is 1.27 bits per heavy atom. The summed E-state index contributed by atoms with van der Waals surface area (Å²) in [6.07, 6.45) is -0.897. The van der Waals surface area contributed by atoms with Gasteiger partial charge < -0.3 is 69.9 Å². The number of fused-ring (bicyclic) bond motifs is 6. The molecule has 1 aromatic heterocycles. The van der Waals surface area contributed by atoms with Crippen molar-refractivity contribution in [2.75, 3.05) is 63.4 Å². The molecule has 1 spiro atoms. The van der Waals surface area contributed by atoms with Gasteiger partial charge >= 0.3 is 5.97 Å². The number of hydrogen-bond donors (Lipinski definition) is 8. The van der Waals surface area contributed by atoms with Crippen molar-refractivity contribution in [3.63, 3.8) is 0 Å². The van der Waals surface area contributed by atoms with Crippen molar-refractivity contribution in [2.24, 2.45) is 0 Å². The number of nitrogens with zero attached hydrogens (tertiary/aromatic N) is 1. The number of hydrogen-bond acceptors (Lipinski definition) is 13. The second kappa shape index (κ2) is 27.7. The number of halogens is 1. The minimum absolute atomic E-state index is 0.0249. The molecule has 2 aliphatic rings. The number of para-hydroxylation sites is 1. The average molecular weight is 1150 g/mol. The molecule has 3 heterocycles. The summed E-state index contributed by atoms with van der Waals surface area (Å²) in [6, 6.07) is 39.4. The summed E-state index contributed by atoms with van der Waals surface area (Å²) < 4.78 is 45.5. The molecule has 19 heteroatoms. The second-order valence-electron chi connectivity index (χ2n) is 20.6. The molecule has 2 atom stereocenters. The van der Waals surface area contributed by atoms with E-state index in [0.29, 0.717) is 138 Å². The molecule has 8 N–H and O–H groups in total. The SMILES string of the molecule is CC(C)c1c(C(=O)Nc2ccccc2)c(-c2ccccc2)c(-c2ccc(F)cc2)n1CCC(O)C[C@@H](O)CC(=O)NCCCOCCOCCOCCCNC(=S)Nc1ccc2c(c1)C(=O)OC21c2ccc(O)cc2Oc2cc(O)ccc21. The maximum Gasteiger partial charge on any atom is 0.340 e. The van der Waals surface area contributed by atoms with Gasteiger partial charge in [-0.3, -0.25) is 9.59 Å². The van der Waals surface area contributed by atoms with Crippen LogP contribution >= 0.6 is 12.2 Å². The van der Waals surface area contributed by atoms with Crippen LogP contribution in [0.5, 0.6) is 23.0 Å². The lowest BCUT2D eigenvalue weighted by Crippen LogP contribution is -2.33. The highest BCUT2D eigenvalue weighted by atomic mass is 32.1. The molecule has 9 rings (SSSR count). The van der Waals surface area contributed by atoms with Crippen molar-refractivity contribution in [1.29, 1.82) is 0 Å². The molecule has 0 saturated carbocycles. The largest absolute Gasteiger partial charge is 0.508 e. The number of anilines is 2. The van der Waals surface area contributed by atoms with Gasteiger partial charge in [0.1, 0.15) is 28.8 Å². The number of nitrogens with one attached hydrogen (secondary N) is 4. The van der Waals surface area contributed by atoms with Gasteiger partial charge in [-0.15, -0.1) is 0 Å². The lowest BCUT2D eigenvalue weighted by atomic mass is 9.77. The Bertz CT molecular complexity index is 3350. The maximum absolute atomic E-state index is 14.4. The lowest BCUT2D eigenvalue weighted by Gasteiger charge is -2.36. The molecule has 2 amide bonds. The molecule has 17 nitrogen and oxygen atoms in total. The van der Waals surface area contributed by atoms with Gasteiger partial charge in [-0.05, 0) is 128 Å². The third-order valence-electron chi connectivity index (χ3n) is 14.3. The highest BCUT2D eigenvalue weighted by Crippen LogP contribution is 2.57. The van der Waals surface area contributed by atoms with Crippen LogP contribution in [0, 0.1) is 5.82 Å². The fraction of sp³-hybridized carbons (Fsp3) is 0.312. The Hall–Kier alpha value is -8.17. The molecule has 6 aromatic carbocycles. The summed E-state index contributed by atoms with van der Waals surface area (Å²) in [7, 11) is 0. The van der Waals surface area contributed by atoms with Crippen LogP contribution in [0.15, 0.2) is 140 Å². The number of phenolic OH excluding ortho intramolecular Hbond substituents is 2. The maximum atomic E-state index is 14.4. The Morgan fingerprint density at radius 1 is 0.675 bits per heavy atom. The number of aliphatic hydroxyl groups excluding tert-OH is 2. The van der Waals surface area contributed by atoms with Gasteiger partial charge in [0.05, 0.1) is 61.9 Å². The fourth-order valence-corrected chi connectivity index (χ4v) is 10.8. The number of aromatic hydroxyl groups is 2. The highest BCUT2D eigenvalue weighted by Gasteiger charge is 2.54. The van der Waals surface area contributed by atoms with Crippen molar-refractivity contribution in [3.05, 3.63) is 179 Å². The van der Waals surface area contributed by atoms with Crippen molar-refractivity contribution >= 4 is 46.5 Å². The van der Waals surface area contributed by atoms with Gasteiger partial charge in [0.2, 0.25) is 5.91 Å². The first-order valence-corrected chi connectivity index (χ1v) is 28.2. The number of benzene rings is 6. The molecule has 2 aliphatic heterocycles. The number of rotatable bonds is 27. The Kier molecular flexibility index (Phi) is 19.9.